The second-order valence-electron chi connectivity index (χ2n) is 10.4. The molecule has 0 spiro atoms. The van der Waals surface area contributed by atoms with Crippen molar-refractivity contribution in [1.82, 2.24) is 10.2 Å². The summed E-state index contributed by atoms with van der Waals surface area (Å²) in [6, 6.07) is 23.1. The van der Waals surface area contributed by atoms with Gasteiger partial charge in [-0.15, -0.1) is 0 Å². The first-order valence-corrected chi connectivity index (χ1v) is 15.2. The summed E-state index contributed by atoms with van der Waals surface area (Å²) in [5.74, 6) is 0.0467. The molecule has 0 saturated heterocycles. The molecule has 2 amide bonds. The molecule has 0 aliphatic rings. The van der Waals surface area contributed by atoms with Gasteiger partial charge in [-0.1, -0.05) is 74.0 Å². The van der Waals surface area contributed by atoms with Crippen LogP contribution in [0.1, 0.15) is 37.5 Å². The fourth-order valence-corrected chi connectivity index (χ4v) is 4.96. The fourth-order valence-electron chi connectivity index (χ4n) is 4.11. The van der Waals surface area contributed by atoms with E-state index in [2.05, 4.69) is 5.32 Å². The topological polar surface area (TPSA) is 96.0 Å². The number of carbonyl (C=O) groups is 2. The van der Waals surface area contributed by atoms with Gasteiger partial charge in [0, 0.05) is 13.1 Å². The molecule has 214 valence electrons. The lowest BCUT2D eigenvalue weighted by Gasteiger charge is -2.31. The van der Waals surface area contributed by atoms with Crippen molar-refractivity contribution < 1.29 is 22.7 Å². The lowest BCUT2D eigenvalue weighted by molar-refractivity contribution is -0.139. The Labute approximate surface area is 238 Å². The average Bonchev–Trinajstić information content (AvgIpc) is 2.92. The summed E-state index contributed by atoms with van der Waals surface area (Å²) >= 11 is 0. The Bertz CT molecular complexity index is 1380. The summed E-state index contributed by atoms with van der Waals surface area (Å²) in [7, 11) is -3.82. The molecule has 1 N–H and O–H groups in total. The van der Waals surface area contributed by atoms with Crippen LogP contribution in [0.4, 0.5) is 5.69 Å². The van der Waals surface area contributed by atoms with Crippen molar-refractivity contribution in [3.63, 3.8) is 0 Å². The summed E-state index contributed by atoms with van der Waals surface area (Å²) in [6.45, 7) is 8.16. The van der Waals surface area contributed by atoms with Crippen LogP contribution < -0.4 is 14.4 Å². The van der Waals surface area contributed by atoms with Crippen LogP contribution in [0.25, 0.3) is 0 Å². The zero-order valence-corrected chi connectivity index (χ0v) is 24.6. The van der Waals surface area contributed by atoms with Crippen LogP contribution in [0, 0.1) is 12.8 Å². The van der Waals surface area contributed by atoms with E-state index >= 15 is 0 Å². The van der Waals surface area contributed by atoms with Crippen molar-refractivity contribution in [2.75, 3.05) is 23.7 Å². The first kappa shape index (κ1) is 30.7. The number of rotatable bonds is 13. The van der Waals surface area contributed by atoms with E-state index in [1.807, 2.05) is 75.4 Å². The van der Waals surface area contributed by atoms with Gasteiger partial charge in [0.15, 0.2) is 0 Å². The van der Waals surface area contributed by atoms with Gasteiger partial charge in [-0.25, -0.2) is 8.42 Å². The molecule has 9 heteroatoms. The SMILES string of the molecule is Cc1cccc(CN(C(=O)CN(c2ccc(OCc3ccccc3)cc2)S(C)(=O)=O)C(C)C(=O)NCC(C)C)c1. The number of nitrogens with zero attached hydrogens (tertiary/aromatic N) is 2. The maximum Gasteiger partial charge on any atom is 0.244 e. The Morgan fingerprint density at radius 3 is 2.15 bits per heavy atom. The molecule has 3 rings (SSSR count). The molecule has 0 aliphatic heterocycles. The van der Waals surface area contributed by atoms with Gasteiger partial charge in [0.1, 0.15) is 24.9 Å². The Kier molecular flexibility index (Phi) is 10.7. The first-order chi connectivity index (χ1) is 18.9. The highest BCUT2D eigenvalue weighted by Gasteiger charge is 2.30. The van der Waals surface area contributed by atoms with E-state index in [-0.39, 0.29) is 18.4 Å². The summed E-state index contributed by atoms with van der Waals surface area (Å²) in [5, 5.41) is 2.88. The summed E-state index contributed by atoms with van der Waals surface area (Å²) in [4.78, 5) is 28.1. The summed E-state index contributed by atoms with van der Waals surface area (Å²) in [5.41, 5.74) is 3.21. The van der Waals surface area contributed by atoms with Crippen molar-refractivity contribution in [3.05, 3.63) is 95.6 Å². The normalized spacial score (nSPS) is 12.1. The van der Waals surface area contributed by atoms with E-state index in [9.17, 15) is 18.0 Å². The maximum absolute atomic E-state index is 13.7. The smallest absolute Gasteiger partial charge is 0.244 e. The molecule has 0 fully saturated rings. The zero-order chi connectivity index (χ0) is 29.3. The number of hydrogen-bond acceptors (Lipinski definition) is 5. The number of nitrogens with one attached hydrogen (secondary N) is 1. The number of anilines is 1. The highest BCUT2D eigenvalue weighted by Crippen LogP contribution is 2.23. The van der Waals surface area contributed by atoms with Gasteiger partial charge in [-0.2, -0.15) is 0 Å². The Morgan fingerprint density at radius 1 is 0.900 bits per heavy atom. The highest BCUT2D eigenvalue weighted by atomic mass is 32.2. The predicted molar refractivity (Wildman–Crippen MR) is 158 cm³/mol. The average molecular weight is 566 g/mol. The molecule has 0 aliphatic carbocycles. The quantitative estimate of drug-likeness (QED) is 0.329. The molecule has 0 aromatic heterocycles. The van der Waals surface area contributed by atoms with E-state index in [1.165, 1.54) is 4.90 Å². The van der Waals surface area contributed by atoms with Crippen molar-refractivity contribution in [2.45, 2.75) is 46.9 Å². The number of benzene rings is 3. The molecule has 0 saturated carbocycles. The fraction of sp³-hybridized carbons (Fsp3) is 0.355. The van der Waals surface area contributed by atoms with Crippen molar-refractivity contribution in [2.24, 2.45) is 5.92 Å². The van der Waals surface area contributed by atoms with E-state index in [0.717, 1.165) is 27.3 Å². The van der Waals surface area contributed by atoms with Gasteiger partial charge in [-0.05, 0) is 55.2 Å². The standard InChI is InChI=1S/C31H39N3O5S/c1-23(2)19-32-31(36)25(4)33(20-27-13-9-10-24(3)18-27)30(35)21-34(40(5,37)38)28-14-16-29(17-15-28)39-22-26-11-7-6-8-12-26/h6-18,23,25H,19-22H2,1-5H3,(H,32,36). The van der Waals surface area contributed by atoms with Gasteiger partial charge in [0.25, 0.3) is 0 Å². The van der Waals surface area contributed by atoms with Gasteiger partial charge < -0.3 is 15.0 Å². The Hall–Kier alpha value is -3.85. The summed E-state index contributed by atoms with van der Waals surface area (Å²) < 4.78 is 32.5. The molecular formula is C31H39N3O5S. The highest BCUT2D eigenvalue weighted by molar-refractivity contribution is 7.92. The second-order valence-corrected chi connectivity index (χ2v) is 12.3. The van der Waals surface area contributed by atoms with Gasteiger partial charge in [0.2, 0.25) is 21.8 Å². The van der Waals surface area contributed by atoms with Crippen molar-refractivity contribution in [3.8, 4) is 5.75 Å². The van der Waals surface area contributed by atoms with Gasteiger partial charge >= 0.3 is 0 Å². The van der Waals surface area contributed by atoms with E-state index < -0.39 is 28.5 Å². The number of ether oxygens (including phenoxy) is 1. The van der Waals surface area contributed by atoms with Crippen LogP contribution in [0.3, 0.4) is 0 Å². The first-order valence-electron chi connectivity index (χ1n) is 13.3. The Balaban J connectivity index is 1.81. The molecule has 8 nitrogen and oxygen atoms in total. The minimum Gasteiger partial charge on any atom is -0.489 e. The van der Waals surface area contributed by atoms with E-state index in [1.54, 1.807) is 31.2 Å². The van der Waals surface area contributed by atoms with Crippen LogP contribution >= 0.6 is 0 Å². The molecule has 1 unspecified atom stereocenters. The predicted octanol–water partition coefficient (Wildman–Crippen LogP) is 4.53. The lowest BCUT2D eigenvalue weighted by Crippen LogP contribution is -2.51. The monoisotopic (exact) mass is 565 g/mol. The minimum absolute atomic E-state index is 0.167. The molecule has 3 aromatic rings. The number of aryl methyl sites for hydroxylation is 1. The summed E-state index contributed by atoms with van der Waals surface area (Å²) in [6.07, 6.45) is 1.06. The minimum atomic E-state index is -3.82. The number of hydrogen-bond donors (Lipinski definition) is 1. The molecule has 0 heterocycles. The molecule has 0 radical (unpaired) electrons. The molecular weight excluding hydrogens is 526 g/mol. The zero-order valence-electron chi connectivity index (χ0n) is 23.8. The largest absolute Gasteiger partial charge is 0.489 e. The van der Waals surface area contributed by atoms with Crippen LogP contribution in [0.15, 0.2) is 78.9 Å². The van der Waals surface area contributed by atoms with Crippen LogP contribution in [0.5, 0.6) is 5.75 Å². The van der Waals surface area contributed by atoms with E-state index in [0.29, 0.717) is 24.6 Å². The van der Waals surface area contributed by atoms with Crippen molar-refractivity contribution >= 4 is 27.5 Å². The van der Waals surface area contributed by atoms with Crippen LogP contribution in [-0.4, -0.2) is 50.5 Å². The molecule has 1 atom stereocenters. The van der Waals surface area contributed by atoms with Crippen molar-refractivity contribution in [1.29, 1.82) is 0 Å². The molecule has 40 heavy (non-hydrogen) atoms. The maximum atomic E-state index is 13.7. The molecule has 3 aromatic carbocycles. The van der Waals surface area contributed by atoms with Gasteiger partial charge in [-0.3, -0.25) is 13.9 Å². The third-order valence-corrected chi connectivity index (χ3v) is 7.48. The van der Waals surface area contributed by atoms with Crippen LogP contribution in [-0.2, 0) is 32.8 Å². The van der Waals surface area contributed by atoms with E-state index in [4.69, 9.17) is 4.74 Å². The van der Waals surface area contributed by atoms with Crippen LogP contribution in [0.2, 0.25) is 0 Å². The van der Waals surface area contributed by atoms with Gasteiger partial charge in [0.05, 0.1) is 11.9 Å². The number of amides is 2. The molecule has 0 bridgehead atoms. The number of sulfonamides is 1. The number of carbonyl (C=O) groups excluding carboxylic acids is 2. The second kappa shape index (κ2) is 14.0. The lowest BCUT2D eigenvalue weighted by atomic mass is 10.1. The third kappa shape index (κ3) is 9.12. The third-order valence-electron chi connectivity index (χ3n) is 6.34. The Morgan fingerprint density at radius 2 is 1.55 bits per heavy atom.